The molecule has 0 radical (unpaired) electrons. The molecule has 0 aromatic heterocycles. The maximum atomic E-state index is 12.0. The maximum absolute atomic E-state index is 12.0. The Labute approximate surface area is 131 Å². The standard InChI is InChI=1S/C15H23N3O2S/c1-20-10-9-18(8-7-14(16)21)12-15(19)17-11-13-5-3-2-4-6-13/h2-6H,7-12H2,1H3,(H2,16,21)(H,17,19). The molecule has 0 aliphatic heterocycles. The molecule has 0 spiro atoms. The van der Waals surface area contributed by atoms with Crippen LogP contribution in [0, 0.1) is 0 Å². The first-order chi connectivity index (χ1) is 10.1. The summed E-state index contributed by atoms with van der Waals surface area (Å²) in [5, 5.41) is 2.91. The van der Waals surface area contributed by atoms with E-state index in [1.54, 1.807) is 7.11 Å². The summed E-state index contributed by atoms with van der Waals surface area (Å²) in [7, 11) is 1.64. The van der Waals surface area contributed by atoms with Gasteiger partial charge in [-0.25, -0.2) is 0 Å². The van der Waals surface area contributed by atoms with Crippen LogP contribution in [0.2, 0.25) is 0 Å². The van der Waals surface area contributed by atoms with Crippen LogP contribution in [0.25, 0.3) is 0 Å². The molecule has 0 saturated carbocycles. The van der Waals surface area contributed by atoms with Gasteiger partial charge in [-0.2, -0.15) is 0 Å². The van der Waals surface area contributed by atoms with E-state index in [0.29, 0.717) is 44.2 Å². The molecule has 21 heavy (non-hydrogen) atoms. The van der Waals surface area contributed by atoms with Crippen LogP contribution in [0.1, 0.15) is 12.0 Å². The Balaban J connectivity index is 2.37. The number of nitrogens with two attached hydrogens (primary N) is 1. The SMILES string of the molecule is COCCN(CCC(N)=S)CC(=O)NCc1ccccc1. The Morgan fingerprint density at radius 2 is 2.05 bits per heavy atom. The topological polar surface area (TPSA) is 67.6 Å². The van der Waals surface area contributed by atoms with Gasteiger partial charge in [-0.05, 0) is 5.56 Å². The second-order valence-electron chi connectivity index (χ2n) is 4.75. The number of ether oxygens (including phenoxy) is 1. The van der Waals surface area contributed by atoms with E-state index in [1.165, 1.54) is 0 Å². The van der Waals surface area contributed by atoms with Crippen molar-refractivity contribution in [1.29, 1.82) is 0 Å². The second kappa shape index (κ2) is 10.3. The van der Waals surface area contributed by atoms with Gasteiger partial charge >= 0.3 is 0 Å². The number of thiocarbonyl (C=S) groups is 1. The van der Waals surface area contributed by atoms with Gasteiger partial charge in [0.15, 0.2) is 0 Å². The summed E-state index contributed by atoms with van der Waals surface area (Å²) in [6.45, 7) is 2.77. The summed E-state index contributed by atoms with van der Waals surface area (Å²) in [6, 6.07) is 9.82. The normalized spacial score (nSPS) is 10.6. The van der Waals surface area contributed by atoms with Gasteiger partial charge in [0.25, 0.3) is 0 Å². The zero-order valence-electron chi connectivity index (χ0n) is 12.4. The molecule has 0 atom stereocenters. The quantitative estimate of drug-likeness (QED) is 0.629. The van der Waals surface area contributed by atoms with Crippen LogP contribution in [0.15, 0.2) is 30.3 Å². The molecule has 1 aromatic rings. The summed E-state index contributed by atoms with van der Waals surface area (Å²) >= 11 is 4.87. The first-order valence-corrected chi connectivity index (χ1v) is 7.33. The summed E-state index contributed by atoms with van der Waals surface area (Å²) in [6.07, 6.45) is 0.602. The van der Waals surface area contributed by atoms with Gasteiger partial charge in [-0.3, -0.25) is 9.69 Å². The van der Waals surface area contributed by atoms with Crippen molar-refractivity contribution in [2.24, 2.45) is 5.73 Å². The predicted octanol–water partition coefficient (Wildman–Crippen LogP) is 0.927. The minimum Gasteiger partial charge on any atom is -0.393 e. The van der Waals surface area contributed by atoms with Crippen molar-refractivity contribution in [3.05, 3.63) is 35.9 Å². The van der Waals surface area contributed by atoms with Crippen molar-refractivity contribution in [3.63, 3.8) is 0 Å². The molecule has 0 aliphatic carbocycles. The molecule has 0 bridgehead atoms. The summed E-state index contributed by atoms with van der Waals surface area (Å²) in [4.78, 5) is 14.4. The molecule has 116 valence electrons. The van der Waals surface area contributed by atoms with Crippen LogP contribution in [0.3, 0.4) is 0 Å². The molecule has 0 heterocycles. The summed E-state index contributed by atoms with van der Waals surface area (Å²) in [5.74, 6) is -0.0158. The molecule has 1 aromatic carbocycles. The van der Waals surface area contributed by atoms with Gasteiger partial charge in [0.1, 0.15) is 0 Å². The molecule has 0 fully saturated rings. The number of rotatable bonds is 10. The highest BCUT2D eigenvalue weighted by Gasteiger charge is 2.10. The van der Waals surface area contributed by atoms with Crippen molar-refractivity contribution in [2.45, 2.75) is 13.0 Å². The molecule has 1 rings (SSSR count). The maximum Gasteiger partial charge on any atom is 0.234 e. The molecule has 6 heteroatoms. The third-order valence-corrected chi connectivity index (χ3v) is 3.19. The first-order valence-electron chi connectivity index (χ1n) is 6.92. The highest BCUT2D eigenvalue weighted by Crippen LogP contribution is 1.98. The highest BCUT2D eigenvalue weighted by atomic mass is 32.1. The van der Waals surface area contributed by atoms with Crippen molar-refractivity contribution in [3.8, 4) is 0 Å². The van der Waals surface area contributed by atoms with E-state index in [9.17, 15) is 4.79 Å². The molecular weight excluding hydrogens is 286 g/mol. The fourth-order valence-electron chi connectivity index (χ4n) is 1.81. The summed E-state index contributed by atoms with van der Waals surface area (Å²) < 4.78 is 5.05. The number of methoxy groups -OCH3 is 1. The fraction of sp³-hybridized carbons (Fsp3) is 0.467. The van der Waals surface area contributed by atoms with Crippen molar-refractivity contribution in [2.75, 3.05) is 33.4 Å². The molecule has 0 saturated heterocycles. The monoisotopic (exact) mass is 309 g/mol. The molecule has 1 amide bonds. The van der Waals surface area contributed by atoms with Crippen molar-refractivity contribution in [1.82, 2.24) is 10.2 Å². The molecule has 0 unspecified atom stereocenters. The molecule has 0 aliphatic rings. The lowest BCUT2D eigenvalue weighted by Gasteiger charge is -2.21. The number of benzene rings is 1. The van der Waals surface area contributed by atoms with E-state index in [0.717, 1.165) is 5.56 Å². The zero-order valence-corrected chi connectivity index (χ0v) is 13.2. The Morgan fingerprint density at radius 1 is 1.33 bits per heavy atom. The van der Waals surface area contributed by atoms with Crippen LogP contribution in [0.4, 0.5) is 0 Å². The minimum atomic E-state index is -0.0158. The van der Waals surface area contributed by atoms with Crippen LogP contribution < -0.4 is 11.1 Å². The number of nitrogens with zero attached hydrogens (tertiary/aromatic N) is 1. The number of hydrogen-bond donors (Lipinski definition) is 2. The predicted molar refractivity (Wildman–Crippen MR) is 88.0 cm³/mol. The molecule has 5 nitrogen and oxygen atoms in total. The van der Waals surface area contributed by atoms with E-state index < -0.39 is 0 Å². The number of carbonyl (C=O) groups is 1. The molecule has 3 N–H and O–H groups in total. The van der Waals surface area contributed by atoms with Crippen LogP contribution in [-0.2, 0) is 16.1 Å². The lowest BCUT2D eigenvalue weighted by atomic mass is 10.2. The van der Waals surface area contributed by atoms with Gasteiger partial charge in [0.2, 0.25) is 5.91 Å². The Kier molecular flexibility index (Phi) is 8.57. The van der Waals surface area contributed by atoms with E-state index in [2.05, 4.69) is 5.32 Å². The van der Waals surface area contributed by atoms with Gasteiger partial charge in [-0.1, -0.05) is 42.5 Å². The number of nitrogens with one attached hydrogen (secondary N) is 1. The Bertz CT molecular complexity index is 440. The smallest absolute Gasteiger partial charge is 0.234 e. The third-order valence-electron chi connectivity index (χ3n) is 2.99. The lowest BCUT2D eigenvalue weighted by molar-refractivity contribution is -0.122. The van der Waals surface area contributed by atoms with E-state index in [-0.39, 0.29) is 5.91 Å². The second-order valence-corrected chi connectivity index (χ2v) is 5.27. The molecular formula is C15H23N3O2S. The van der Waals surface area contributed by atoms with Crippen molar-refractivity contribution >= 4 is 23.1 Å². The number of amides is 1. The first kappa shape index (κ1) is 17.6. The van der Waals surface area contributed by atoms with Gasteiger partial charge in [-0.15, -0.1) is 0 Å². The largest absolute Gasteiger partial charge is 0.393 e. The van der Waals surface area contributed by atoms with Crippen LogP contribution in [-0.4, -0.2) is 49.1 Å². The van der Waals surface area contributed by atoms with Gasteiger partial charge in [0, 0.05) is 33.2 Å². The van der Waals surface area contributed by atoms with E-state index in [1.807, 2.05) is 35.2 Å². The lowest BCUT2D eigenvalue weighted by Crippen LogP contribution is -2.39. The highest BCUT2D eigenvalue weighted by molar-refractivity contribution is 7.80. The number of hydrogen-bond acceptors (Lipinski definition) is 4. The average molecular weight is 309 g/mol. The van der Waals surface area contributed by atoms with E-state index in [4.69, 9.17) is 22.7 Å². The van der Waals surface area contributed by atoms with E-state index >= 15 is 0 Å². The fourth-order valence-corrected chi connectivity index (χ4v) is 1.91. The van der Waals surface area contributed by atoms with Gasteiger partial charge in [0.05, 0.1) is 18.1 Å². The van der Waals surface area contributed by atoms with Crippen molar-refractivity contribution < 1.29 is 9.53 Å². The summed E-state index contributed by atoms with van der Waals surface area (Å²) in [5.41, 5.74) is 6.59. The Morgan fingerprint density at radius 3 is 2.67 bits per heavy atom. The Hall–Kier alpha value is -1.50. The average Bonchev–Trinajstić information content (AvgIpc) is 2.49. The van der Waals surface area contributed by atoms with Crippen LogP contribution >= 0.6 is 12.2 Å². The zero-order chi connectivity index (χ0) is 15.5. The van der Waals surface area contributed by atoms with Gasteiger partial charge < -0.3 is 15.8 Å². The third kappa shape index (κ3) is 8.39. The minimum absolute atomic E-state index is 0.0158. The number of carbonyl (C=O) groups excluding carboxylic acids is 1. The van der Waals surface area contributed by atoms with Crippen LogP contribution in [0.5, 0.6) is 0 Å².